The van der Waals surface area contributed by atoms with E-state index in [1.54, 1.807) is 20.8 Å². The van der Waals surface area contributed by atoms with E-state index in [4.69, 9.17) is 14.2 Å². The van der Waals surface area contributed by atoms with Crippen molar-refractivity contribution in [3.05, 3.63) is 35.7 Å². The van der Waals surface area contributed by atoms with Crippen LogP contribution in [0.15, 0.2) is 24.3 Å². The van der Waals surface area contributed by atoms with Gasteiger partial charge in [0.25, 0.3) is 0 Å². The minimum absolute atomic E-state index is 0.0293. The lowest BCUT2D eigenvalue weighted by atomic mass is 9.88. The van der Waals surface area contributed by atoms with Gasteiger partial charge in [0.1, 0.15) is 12.2 Å². The Balaban J connectivity index is 1.69. The van der Waals surface area contributed by atoms with Crippen LogP contribution in [0.1, 0.15) is 46.0 Å². The Labute approximate surface area is 205 Å². The van der Waals surface area contributed by atoms with Crippen molar-refractivity contribution in [2.45, 2.75) is 84.4 Å². The molecule has 3 N–H and O–H groups in total. The van der Waals surface area contributed by atoms with Gasteiger partial charge in [-0.25, -0.2) is 0 Å². The molecule has 1 aromatic carbocycles. The van der Waals surface area contributed by atoms with Gasteiger partial charge in [0.15, 0.2) is 12.1 Å². The van der Waals surface area contributed by atoms with Crippen LogP contribution in [-0.4, -0.2) is 79.4 Å². The Kier molecular flexibility index (Phi) is 8.84. The van der Waals surface area contributed by atoms with Crippen molar-refractivity contribution >= 4 is 5.91 Å². The van der Waals surface area contributed by atoms with Gasteiger partial charge in [-0.3, -0.25) is 4.79 Å². The summed E-state index contributed by atoms with van der Waals surface area (Å²) in [6.07, 6.45) is -5.05. The predicted molar refractivity (Wildman–Crippen MR) is 126 cm³/mol. The van der Waals surface area contributed by atoms with Crippen LogP contribution >= 0.6 is 0 Å². The van der Waals surface area contributed by atoms with Gasteiger partial charge in [0.2, 0.25) is 11.7 Å². The molecule has 0 radical (unpaired) electrons. The molecule has 11 heteroatoms. The highest BCUT2D eigenvalue weighted by Gasteiger charge is 2.48. The number of rotatable bonds is 8. The molecule has 1 saturated heterocycles. The predicted octanol–water partition coefficient (Wildman–Crippen LogP) is 1.16. The summed E-state index contributed by atoms with van der Waals surface area (Å²) < 4.78 is 17.3. The zero-order valence-corrected chi connectivity index (χ0v) is 21.0. The lowest BCUT2D eigenvalue weighted by Crippen LogP contribution is -2.61. The number of aliphatic hydroxyl groups is 2. The molecule has 11 nitrogen and oxygen atoms in total. The summed E-state index contributed by atoms with van der Waals surface area (Å²) in [5.74, 6) is -0.317. The minimum Gasteiger partial charge on any atom is -0.390 e. The number of carbonyl (C=O) groups excluding carboxylic acids is 1. The van der Waals surface area contributed by atoms with Crippen LogP contribution in [0.25, 0.3) is 11.4 Å². The van der Waals surface area contributed by atoms with E-state index in [0.717, 1.165) is 11.1 Å². The maximum atomic E-state index is 13.1. The quantitative estimate of drug-likeness (QED) is 0.493. The maximum absolute atomic E-state index is 13.1. The van der Waals surface area contributed by atoms with Crippen molar-refractivity contribution in [1.29, 1.82) is 0 Å². The molecule has 2 aromatic rings. The third kappa shape index (κ3) is 7.45. The van der Waals surface area contributed by atoms with Gasteiger partial charge in [-0.2, -0.15) is 0 Å². The fourth-order valence-electron chi connectivity index (χ4n) is 3.54. The summed E-state index contributed by atoms with van der Waals surface area (Å²) in [6, 6.07) is 7.31. The highest BCUT2D eigenvalue weighted by atomic mass is 16.7. The van der Waals surface area contributed by atoms with E-state index in [-0.39, 0.29) is 19.3 Å². The number of hydrogen-bond acceptors (Lipinski definition) is 10. The molecule has 1 aliphatic heterocycles. The van der Waals surface area contributed by atoms with Crippen LogP contribution in [0.3, 0.4) is 0 Å². The molecule has 192 valence electrons. The van der Waals surface area contributed by atoms with Crippen molar-refractivity contribution in [1.82, 2.24) is 25.7 Å². The number of nitrogens with one attached hydrogen (secondary N) is 1. The van der Waals surface area contributed by atoms with E-state index in [1.165, 1.54) is 0 Å². The summed E-state index contributed by atoms with van der Waals surface area (Å²) in [7, 11) is 0. The van der Waals surface area contributed by atoms with E-state index in [1.807, 2.05) is 45.0 Å². The Morgan fingerprint density at radius 2 is 1.71 bits per heavy atom. The van der Waals surface area contributed by atoms with E-state index < -0.39 is 42.0 Å². The fourth-order valence-corrected chi connectivity index (χ4v) is 3.54. The first-order chi connectivity index (χ1) is 16.4. The zero-order valence-electron chi connectivity index (χ0n) is 21.0. The number of hydrogen-bond donors (Lipinski definition) is 3. The van der Waals surface area contributed by atoms with Gasteiger partial charge in [0.05, 0.1) is 24.4 Å². The number of benzene rings is 1. The molecule has 1 aromatic heterocycles. The standard InChI is InChI=1S/C24H35N5O6/c1-13(2)34-23-19(31)18(30)17(12-33-24(4,5)6)20(35-23)22(32)25-11-15-7-9-16(10-8-15)21-28-26-14(3)27-29-21/h7-10,13,17-20,23,30-31H,11-12H2,1-6H3,(H,25,32)/t17-,18?,19+,20?,23+/m0/s1. The number of aliphatic hydroxyl groups excluding tert-OH is 2. The van der Waals surface area contributed by atoms with Crippen LogP contribution in [0.2, 0.25) is 0 Å². The molecular weight excluding hydrogens is 454 g/mol. The summed E-state index contributed by atoms with van der Waals surface area (Å²) in [5.41, 5.74) is 1.09. The second-order valence-electron chi connectivity index (χ2n) is 9.86. The summed E-state index contributed by atoms with van der Waals surface area (Å²) >= 11 is 0. The summed E-state index contributed by atoms with van der Waals surface area (Å²) in [5, 5.41) is 40.0. The Bertz CT molecular complexity index is 964. The Morgan fingerprint density at radius 3 is 2.29 bits per heavy atom. The molecule has 0 bridgehead atoms. The fraction of sp³-hybridized carbons (Fsp3) is 0.625. The first kappa shape index (κ1) is 27.0. The molecule has 3 rings (SSSR count). The first-order valence-corrected chi connectivity index (χ1v) is 11.7. The molecular formula is C24H35N5O6. The number of aryl methyl sites for hydroxylation is 1. The number of nitrogens with zero attached hydrogens (tertiary/aromatic N) is 4. The molecule has 35 heavy (non-hydrogen) atoms. The molecule has 0 spiro atoms. The van der Waals surface area contributed by atoms with Gasteiger partial charge in [0, 0.05) is 18.0 Å². The number of carbonyl (C=O) groups is 1. The highest BCUT2D eigenvalue weighted by Crippen LogP contribution is 2.29. The van der Waals surface area contributed by atoms with E-state index in [9.17, 15) is 15.0 Å². The summed E-state index contributed by atoms with van der Waals surface area (Å²) in [6.45, 7) is 11.1. The molecule has 1 amide bonds. The average Bonchev–Trinajstić information content (AvgIpc) is 2.79. The van der Waals surface area contributed by atoms with Gasteiger partial charge in [-0.05, 0) is 47.1 Å². The van der Waals surface area contributed by atoms with Gasteiger partial charge in [-0.1, -0.05) is 24.3 Å². The normalized spacial score (nSPS) is 25.0. The van der Waals surface area contributed by atoms with Crippen molar-refractivity contribution in [3.63, 3.8) is 0 Å². The maximum Gasteiger partial charge on any atom is 0.250 e. The van der Waals surface area contributed by atoms with Crippen LogP contribution in [-0.2, 0) is 25.5 Å². The average molecular weight is 490 g/mol. The molecule has 2 unspecified atom stereocenters. The Morgan fingerprint density at radius 1 is 1.09 bits per heavy atom. The van der Waals surface area contributed by atoms with E-state index >= 15 is 0 Å². The first-order valence-electron chi connectivity index (χ1n) is 11.7. The van der Waals surface area contributed by atoms with Crippen LogP contribution in [0.5, 0.6) is 0 Å². The van der Waals surface area contributed by atoms with Gasteiger partial charge < -0.3 is 29.7 Å². The largest absolute Gasteiger partial charge is 0.390 e. The van der Waals surface area contributed by atoms with Gasteiger partial charge >= 0.3 is 0 Å². The van der Waals surface area contributed by atoms with Crippen molar-refractivity contribution < 1.29 is 29.2 Å². The summed E-state index contributed by atoms with van der Waals surface area (Å²) in [4.78, 5) is 13.1. The SMILES string of the molecule is Cc1nnc(-c2ccc(CNC(=O)C3O[C@@H](OC(C)C)[C@H](O)C(O)[C@@H]3COC(C)(C)C)cc2)nn1. The topological polar surface area (TPSA) is 149 Å². The lowest BCUT2D eigenvalue weighted by molar-refractivity contribution is -0.294. The monoisotopic (exact) mass is 489 g/mol. The van der Waals surface area contributed by atoms with Crippen molar-refractivity contribution in [3.8, 4) is 11.4 Å². The zero-order chi connectivity index (χ0) is 25.8. The number of ether oxygens (including phenoxy) is 3. The molecule has 0 saturated carbocycles. The minimum atomic E-state index is -1.31. The van der Waals surface area contributed by atoms with Crippen LogP contribution in [0.4, 0.5) is 0 Å². The lowest BCUT2D eigenvalue weighted by Gasteiger charge is -2.43. The van der Waals surface area contributed by atoms with Crippen molar-refractivity contribution in [2.24, 2.45) is 5.92 Å². The van der Waals surface area contributed by atoms with Crippen LogP contribution in [0, 0.1) is 12.8 Å². The number of aromatic nitrogens is 4. The number of amides is 1. The second-order valence-corrected chi connectivity index (χ2v) is 9.86. The second kappa shape index (κ2) is 11.4. The van der Waals surface area contributed by atoms with Crippen molar-refractivity contribution in [2.75, 3.05) is 6.61 Å². The molecule has 1 aliphatic rings. The third-order valence-corrected chi connectivity index (χ3v) is 5.37. The van der Waals surface area contributed by atoms with E-state index in [2.05, 4.69) is 25.7 Å². The van der Waals surface area contributed by atoms with E-state index in [0.29, 0.717) is 11.6 Å². The Hall–Kier alpha value is -2.57. The highest BCUT2D eigenvalue weighted by molar-refractivity contribution is 5.81. The van der Waals surface area contributed by atoms with Crippen LogP contribution < -0.4 is 5.32 Å². The molecule has 2 heterocycles. The third-order valence-electron chi connectivity index (χ3n) is 5.37. The smallest absolute Gasteiger partial charge is 0.250 e. The van der Waals surface area contributed by atoms with Gasteiger partial charge in [-0.15, -0.1) is 20.4 Å². The molecule has 5 atom stereocenters. The molecule has 1 fully saturated rings. The molecule has 0 aliphatic carbocycles.